The number of hydrogen-bond donors (Lipinski definition) is 2. The fraction of sp³-hybridized carbons (Fsp3) is 0.500. The highest BCUT2D eigenvalue weighted by Gasteiger charge is 2.12. The van der Waals surface area contributed by atoms with Crippen LogP contribution in [0.15, 0.2) is 18.2 Å². The Hall–Kier alpha value is -2.04. The minimum Gasteiger partial charge on any atom is -0.465 e. The number of amides is 1. The summed E-state index contributed by atoms with van der Waals surface area (Å²) in [6, 6.07) is 5.35. The van der Waals surface area contributed by atoms with Gasteiger partial charge in [0.2, 0.25) is 5.91 Å². The van der Waals surface area contributed by atoms with Crippen LogP contribution in [0.25, 0.3) is 0 Å². The van der Waals surface area contributed by atoms with Gasteiger partial charge in [0.05, 0.1) is 19.2 Å². The Kier molecular flexibility index (Phi) is 6.21. The Balaban J connectivity index is 2.66. The molecule has 0 aromatic heterocycles. The summed E-state index contributed by atoms with van der Waals surface area (Å²) in [6.07, 6.45) is 0. The lowest BCUT2D eigenvalue weighted by molar-refractivity contribution is -0.120. The third-order valence-corrected chi connectivity index (χ3v) is 3.49. The fourth-order valence-electron chi connectivity index (χ4n) is 1.70. The second-order valence-electron chi connectivity index (χ2n) is 5.48. The van der Waals surface area contributed by atoms with Crippen LogP contribution >= 0.6 is 0 Å². The van der Waals surface area contributed by atoms with Crippen LogP contribution in [-0.4, -0.2) is 31.6 Å². The molecule has 2 N–H and O–H groups in total. The van der Waals surface area contributed by atoms with Gasteiger partial charge in [0.15, 0.2) is 0 Å². The molecular weight excluding hydrogens is 268 g/mol. The van der Waals surface area contributed by atoms with Gasteiger partial charge in [-0.1, -0.05) is 19.9 Å². The average molecular weight is 292 g/mol. The topological polar surface area (TPSA) is 67.4 Å². The standard InChI is InChI=1S/C16H24N2O3/c1-10(2)12(4)18-15(19)9-17-14-8-13(16(20)21-5)7-6-11(14)3/h6-8,10,12,17H,9H2,1-5H3,(H,18,19). The molecule has 0 bridgehead atoms. The maximum absolute atomic E-state index is 11.9. The van der Waals surface area contributed by atoms with Gasteiger partial charge in [0.25, 0.3) is 0 Å². The SMILES string of the molecule is COC(=O)c1ccc(C)c(NCC(=O)NC(C)C(C)C)c1. The van der Waals surface area contributed by atoms with Crippen LogP contribution in [0.3, 0.4) is 0 Å². The summed E-state index contributed by atoms with van der Waals surface area (Å²) in [6.45, 7) is 8.18. The van der Waals surface area contributed by atoms with Gasteiger partial charge in [-0.15, -0.1) is 0 Å². The molecule has 0 aliphatic carbocycles. The molecule has 1 amide bonds. The van der Waals surface area contributed by atoms with Crippen molar-refractivity contribution in [2.45, 2.75) is 33.7 Å². The summed E-state index contributed by atoms with van der Waals surface area (Å²) >= 11 is 0. The highest BCUT2D eigenvalue weighted by Crippen LogP contribution is 2.17. The first-order valence-corrected chi connectivity index (χ1v) is 7.07. The number of methoxy groups -OCH3 is 1. The monoisotopic (exact) mass is 292 g/mol. The second-order valence-corrected chi connectivity index (χ2v) is 5.48. The molecule has 1 aromatic carbocycles. The predicted octanol–water partition coefficient (Wildman–Crippen LogP) is 2.35. The van der Waals surface area contributed by atoms with E-state index < -0.39 is 5.97 Å². The molecule has 0 radical (unpaired) electrons. The number of carbonyl (C=O) groups is 2. The number of carbonyl (C=O) groups excluding carboxylic acids is 2. The Labute approximate surface area is 126 Å². The zero-order chi connectivity index (χ0) is 16.0. The third-order valence-electron chi connectivity index (χ3n) is 3.49. The van der Waals surface area contributed by atoms with Crippen LogP contribution in [0, 0.1) is 12.8 Å². The number of nitrogens with one attached hydrogen (secondary N) is 2. The average Bonchev–Trinajstić information content (AvgIpc) is 2.45. The van der Waals surface area contributed by atoms with Gasteiger partial charge in [-0.25, -0.2) is 4.79 Å². The van der Waals surface area contributed by atoms with Crippen LogP contribution in [-0.2, 0) is 9.53 Å². The summed E-state index contributed by atoms with van der Waals surface area (Å²) in [4.78, 5) is 23.4. The fourth-order valence-corrected chi connectivity index (χ4v) is 1.70. The van der Waals surface area contributed by atoms with Crippen LogP contribution in [0.1, 0.15) is 36.7 Å². The largest absolute Gasteiger partial charge is 0.465 e. The first-order valence-electron chi connectivity index (χ1n) is 7.07. The number of benzene rings is 1. The van der Waals surface area contributed by atoms with E-state index in [0.29, 0.717) is 11.5 Å². The molecule has 0 heterocycles. The van der Waals surface area contributed by atoms with E-state index in [9.17, 15) is 9.59 Å². The molecule has 0 spiro atoms. The molecule has 0 aliphatic rings. The summed E-state index contributed by atoms with van der Waals surface area (Å²) in [5.74, 6) is -0.0756. The number of esters is 1. The Bertz CT molecular complexity index is 512. The van der Waals surface area contributed by atoms with Crippen LogP contribution in [0.4, 0.5) is 5.69 Å². The van der Waals surface area contributed by atoms with Crippen molar-refractivity contribution in [3.63, 3.8) is 0 Å². The molecule has 0 fully saturated rings. The van der Waals surface area contributed by atoms with Crippen LogP contribution in [0.5, 0.6) is 0 Å². The Morgan fingerprint density at radius 3 is 2.48 bits per heavy atom. The zero-order valence-electron chi connectivity index (χ0n) is 13.3. The van der Waals surface area contributed by atoms with Gasteiger partial charge in [-0.3, -0.25) is 4.79 Å². The van der Waals surface area contributed by atoms with Gasteiger partial charge in [0, 0.05) is 11.7 Å². The van der Waals surface area contributed by atoms with Crippen molar-refractivity contribution in [2.75, 3.05) is 19.0 Å². The first kappa shape index (κ1) is 17.0. The summed E-state index contributed by atoms with van der Waals surface area (Å²) in [7, 11) is 1.34. The summed E-state index contributed by atoms with van der Waals surface area (Å²) < 4.78 is 4.69. The van der Waals surface area contributed by atoms with E-state index >= 15 is 0 Å². The molecule has 5 heteroatoms. The van der Waals surface area contributed by atoms with E-state index in [0.717, 1.165) is 11.3 Å². The predicted molar refractivity (Wildman–Crippen MR) is 83.5 cm³/mol. The van der Waals surface area contributed by atoms with Crippen molar-refractivity contribution in [3.8, 4) is 0 Å². The molecule has 0 saturated carbocycles. The molecule has 116 valence electrons. The maximum atomic E-state index is 11.9. The molecule has 1 atom stereocenters. The van der Waals surface area contributed by atoms with Crippen molar-refractivity contribution in [1.29, 1.82) is 0 Å². The number of anilines is 1. The molecule has 1 aromatic rings. The molecule has 5 nitrogen and oxygen atoms in total. The normalized spacial score (nSPS) is 11.9. The maximum Gasteiger partial charge on any atom is 0.337 e. The third kappa shape index (κ3) is 5.10. The number of ether oxygens (including phenoxy) is 1. The Morgan fingerprint density at radius 2 is 1.90 bits per heavy atom. The molecule has 1 unspecified atom stereocenters. The lowest BCUT2D eigenvalue weighted by atomic mass is 10.1. The number of rotatable bonds is 6. The molecule has 0 aliphatic heterocycles. The summed E-state index contributed by atoms with van der Waals surface area (Å²) in [5, 5.41) is 5.98. The van der Waals surface area contributed by atoms with E-state index in [1.165, 1.54) is 7.11 Å². The highest BCUT2D eigenvalue weighted by atomic mass is 16.5. The minimum atomic E-state index is -0.393. The molecule has 21 heavy (non-hydrogen) atoms. The molecular formula is C16H24N2O3. The summed E-state index contributed by atoms with van der Waals surface area (Å²) in [5.41, 5.74) is 2.18. The minimum absolute atomic E-state index is 0.0703. The number of aryl methyl sites for hydroxylation is 1. The quantitative estimate of drug-likeness (QED) is 0.790. The van der Waals surface area contributed by atoms with E-state index in [1.807, 2.05) is 19.9 Å². The lowest BCUT2D eigenvalue weighted by Crippen LogP contribution is -2.39. The van der Waals surface area contributed by atoms with E-state index in [2.05, 4.69) is 29.2 Å². The van der Waals surface area contributed by atoms with Crippen molar-refractivity contribution in [1.82, 2.24) is 5.32 Å². The van der Waals surface area contributed by atoms with Crippen molar-refractivity contribution >= 4 is 17.6 Å². The van der Waals surface area contributed by atoms with Gasteiger partial charge in [-0.2, -0.15) is 0 Å². The van der Waals surface area contributed by atoms with Crippen LogP contribution < -0.4 is 10.6 Å². The van der Waals surface area contributed by atoms with Crippen molar-refractivity contribution in [2.24, 2.45) is 5.92 Å². The van der Waals surface area contributed by atoms with Crippen LogP contribution in [0.2, 0.25) is 0 Å². The van der Waals surface area contributed by atoms with Gasteiger partial charge < -0.3 is 15.4 Å². The van der Waals surface area contributed by atoms with E-state index in [1.54, 1.807) is 12.1 Å². The van der Waals surface area contributed by atoms with Crippen molar-refractivity contribution < 1.29 is 14.3 Å². The molecule has 0 saturated heterocycles. The van der Waals surface area contributed by atoms with E-state index in [-0.39, 0.29) is 18.5 Å². The van der Waals surface area contributed by atoms with Crippen molar-refractivity contribution in [3.05, 3.63) is 29.3 Å². The second kappa shape index (κ2) is 7.67. The first-order chi connectivity index (χ1) is 9.85. The van der Waals surface area contributed by atoms with E-state index in [4.69, 9.17) is 0 Å². The van der Waals surface area contributed by atoms with Gasteiger partial charge in [-0.05, 0) is 37.5 Å². The van der Waals surface area contributed by atoms with Gasteiger partial charge in [0.1, 0.15) is 0 Å². The Morgan fingerprint density at radius 1 is 1.24 bits per heavy atom. The lowest BCUT2D eigenvalue weighted by Gasteiger charge is -2.18. The zero-order valence-corrected chi connectivity index (χ0v) is 13.3. The smallest absolute Gasteiger partial charge is 0.337 e. The molecule has 1 rings (SSSR count). The van der Waals surface area contributed by atoms with Gasteiger partial charge >= 0.3 is 5.97 Å². The number of hydrogen-bond acceptors (Lipinski definition) is 4. The highest BCUT2D eigenvalue weighted by molar-refractivity contribution is 5.91.